The molecule has 5 aromatic rings. The van der Waals surface area contributed by atoms with E-state index in [0.717, 1.165) is 38.7 Å². The molecule has 8 nitrogen and oxygen atoms in total. The van der Waals surface area contributed by atoms with E-state index in [4.69, 9.17) is 19.6 Å². The van der Waals surface area contributed by atoms with Crippen molar-refractivity contribution in [1.29, 1.82) is 0 Å². The zero-order chi connectivity index (χ0) is 20.5. The highest BCUT2D eigenvalue weighted by Gasteiger charge is 2.19. The predicted octanol–water partition coefficient (Wildman–Crippen LogP) is 4.07. The van der Waals surface area contributed by atoms with Crippen molar-refractivity contribution in [2.75, 3.05) is 12.8 Å². The fourth-order valence-corrected chi connectivity index (χ4v) is 3.57. The first kappa shape index (κ1) is 18.1. The summed E-state index contributed by atoms with van der Waals surface area (Å²) in [5, 5.41) is 9.70. The first-order valence-electron chi connectivity index (χ1n) is 9.41. The van der Waals surface area contributed by atoms with Crippen molar-refractivity contribution in [3.8, 4) is 17.3 Å². The minimum Gasteiger partial charge on any atom is -0.489 e. The number of aromatic amines is 1. The van der Waals surface area contributed by atoms with Gasteiger partial charge in [0.15, 0.2) is 0 Å². The van der Waals surface area contributed by atoms with E-state index in [2.05, 4.69) is 20.2 Å². The smallest absolute Gasteiger partial charge is 0.313 e. The van der Waals surface area contributed by atoms with Crippen LogP contribution < -0.4 is 10.5 Å². The SMILES string of the molecule is COCc1c(-c2nnc(N)o2)ncc2[nH]c3ccc(OCc4ccccc4)cc3c12. The van der Waals surface area contributed by atoms with E-state index < -0.39 is 0 Å². The number of aromatic nitrogens is 4. The van der Waals surface area contributed by atoms with E-state index in [-0.39, 0.29) is 11.9 Å². The van der Waals surface area contributed by atoms with Gasteiger partial charge in [0.1, 0.15) is 18.1 Å². The van der Waals surface area contributed by atoms with Gasteiger partial charge in [0.05, 0.1) is 18.3 Å². The quantitative estimate of drug-likeness (QED) is 0.441. The summed E-state index contributed by atoms with van der Waals surface area (Å²) in [6.07, 6.45) is 1.74. The number of ether oxygens (including phenoxy) is 2. The van der Waals surface area contributed by atoms with E-state index in [1.165, 1.54) is 0 Å². The molecule has 30 heavy (non-hydrogen) atoms. The number of benzene rings is 2. The zero-order valence-corrected chi connectivity index (χ0v) is 16.3. The Kier molecular flexibility index (Phi) is 4.53. The molecule has 0 aliphatic carbocycles. The van der Waals surface area contributed by atoms with Crippen molar-refractivity contribution in [3.63, 3.8) is 0 Å². The lowest BCUT2D eigenvalue weighted by atomic mass is 10.1. The number of H-pyrrole nitrogens is 1. The molecule has 0 saturated carbocycles. The van der Waals surface area contributed by atoms with Crippen LogP contribution in [0, 0.1) is 0 Å². The molecule has 3 N–H and O–H groups in total. The molecule has 0 spiro atoms. The molecule has 8 heteroatoms. The molecule has 150 valence electrons. The molecule has 0 saturated heterocycles. The second-order valence-electron chi connectivity index (χ2n) is 6.86. The molecule has 0 bridgehead atoms. The molecule has 5 rings (SSSR count). The fraction of sp³-hybridized carbons (Fsp3) is 0.136. The Hall–Kier alpha value is -3.91. The maximum Gasteiger partial charge on any atom is 0.313 e. The first-order valence-corrected chi connectivity index (χ1v) is 9.41. The topological polar surface area (TPSA) is 112 Å². The maximum absolute atomic E-state index is 6.02. The Morgan fingerprint density at radius 1 is 1.03 bits per heavy atom. The van der Waals surface area contributed by atoms with Gasteiger partial charge in [-0.1, -0.05) is 35.4 Å². The minimum atomic E-state index is -0.00853. The van der Waals surface area contributed by atoms with Crippen LogP contribution in [0.4, 0.5) is 6.01 Å². The van der Waals surface area contributed by atoms with Crippen molar-refractivity contribution in [2.24, 2.45) is 0 Å². The summed E-state index contributed by atoms with van der Waals surface area (Å²) in [4.78, 5) is 7.91. The molecule has 3 aromatic heterocycles. The molecule has 0 fully saturated rings. The van der Waals surface area contributed by atoms with Crippen LogP contribution in [0.3, 0.4) is 0 Å². The molecule has 2 aromatic carbocycles. The number of anilines is 1. The number of pyridine rings is 1. The van der Waals surface area contributed by atoms with E-state index in [0.29, 0.717) is 18.9 Å². The average Bonchev–Trinajstić information content (AvgIpc) is 3.36. The second kappa shape index (κ2) is 7.49. The van der Waals surface area contributed by atoms with E-state index in [9.17, 15) is 0 Å². The summed E-state index contributed by atoms with van der Waals surface area (Å²) in [6, 6.07) is 16.0. The number of nitrogens with zero attached hydrogens (tertiary/aromatic N) is 3. The van der Waals surface area contributed by atoms with Crippen LogP contribution in [0.1, 0.15) is 11.1 Å². The average molecular weight is 401 g/mol. The predicted molar refractivity (Wildman–Crippen MR) is 113 cm³/mol. The highest BCUT2D eigenvalue weighted by Crippen LogP contribution is 2.35. The van der Waals surface area contributed by atoms with Crippen molar-refractivity contribution < 1.29 is 13.9 Å². The van der Waals surface area contributed by atoms with Gasteiger partial charge in [-0.25, -0.2) is 4.98 Å². The summed E-state index contributed by atoms with van der Waals surface area (Å²) in [5.41, 5.74) is 9.95. The maximum atomic E-state index is 6.02. The molecular weight excluding hydrogens is 382 g/mol. The lowest BCUT2D eigenvalue weighted by Gasteiger charge is -2.08. The van der Waals surface area contributed by atoms with Crippen molar-refractivity contribution >= 4 is 27.8 Å². The van der Waals surface area contributed by atoms with Crippen LogP contribution in [0.5, 0.6) is 5.75 Å². The van der Waals surface area contributed by atoms with Crippen LogP contribution >= 0.6 is 0 Å². The molecule has 0 radical (unpaired) electrons. The summed E-state index contributed by atoms with van der Waals surface area (Å²) >= 11 is 0. The summed E-state index contributed by atoms with van der Waals surface area (Å²) in [7, 11) is 1.63. The molecule has 0 atom stereocenters. The van der Waals surface area contributed by atoms with Crippen LogP contribution in [0.25, 0.3) is 33.4 Å². The standard InChI is InChI=1S/C22H19N5O3/c1-28-12-16-19-15-9-14(29-11-13-5-3-2-4-6-13)7-8-17(15)25-18(19)10-24-20(16)21-26-27-22(23)30-21/h2-10,25H,11-12H2,1H3,(H2,23,27). The molecule has 0 aliphatic heterocycles. The Morgan fingerprint density at radius 3 is 2.67 bits per heavy atom. The third-order valence-corrected chi connectivity index (χ3v) is 4.89. The van der Waals surface area contributed by atoms with Crippen LogP contribution in [0.2, 0.25) is 0 Å². The molecule has 0 unspecified atom stereocenters. The number of fused-ring (bicyclic) bond motifs is 3. The highest BCUT2D eigenvalue weighted by molar-refractivity contribution is 6.10. The molecular formula is C22H19N5O3. The number of nitrogen functional groups attached to an aromatic ring is 1. The van der Waals surface area contributed by atoms with Crippen LogP contribution in [0.15, 0.2) is 59.1 Å². The monoisotopic (exact) mass is 401 g/mol. The number of methoxy groups -OCH3 is 1. The molecule has 0 amide bonds. The number of hydrogen-bond acceptors (Lipinski definition) is 7. The number of nitrogens with one attached hydrogen (secondary N) is 1. The molecule has 3 heterocycles. The zero-order valence-electron chi connectivity index (χ0n) is 16.3. The highest BCUT2D eigenvalue weighted by atomic mass is 16.5. The van der Waals surface area contributed by atoms with Gasteiger partial charge < -0.3 is 24.6 Å². The van der Waals surface area contributed by atoms with Gasteiger partial charge in [0.25, 0.3) is 5.89 Å². The number of rotatable bonds is 6. The van der Waals surface area contributed by atoms with Gasteiger partial charge in [-0.2, -0.15) is 0 Å². The first-order chi connectivity index (χ1) is 14.7. The normalized spacial score (nSPS) is 11.4. The van der Waals surface area contributed by atoms with Crippen LogP contribution in [-0.2, 0) is 18.0 Å². The van der Waals surface area contributed by atoms with Crippen molar-refractivity contribution in [2.45, 2.75) is 13.2 Å². The summed E-state index contributed by atoms with van der Waals surface area (Å²) in [5.74, 6) is 1.03. The Labute approximate surface area is 171 Å². The van der Waals surface area contributed by atoms with E-state index >= 15 is 0 Å². The van der Waals surface area contributed by atoms with Crippen LogP contribution in [-0.4, -0.2) is 27.3 Å². The van der Waals surface area contributed by atoms with Gasteiger partial charge in [-0.15, -0.1) is 5.10 Å². The largest absolute Gasteiger partial charge is 0.489 e. The Bertz CT molecular complexity index is 1330. The Morgan fingerprint density at radius 2 is 1.90 bits per heavy atom. The van der Waals surface area contributed by atoms with Gasteiger partial charge in [-0.3, -0.25) is 0 Å². The van der Waals surface area contributed by atoms with Gasteiger partial charge in [0, 0.05) is 29.0 Å². The molecule has 0 aliphatic rings. The minimum absolute atomic E-state index is 0.00853. The lowest BCUT2D eigenvalue weighted by molar-refractivity contribution is 0.186. The van der Waals surface area contributed by atoms with E-state index in [1.54, 1.807) is 13.3 Å². The summed E-state index contributed by atoms with van der Waals surface area (Å²) in [6.45, 7) is 0.817. The third-order valence-electron chi connectivity index (χ3n) is 4.89. The van der Waals surface area contributed by atoms with Gasteiger partial charge >= 0.3 is 6.01 Å². The van der Waals surface area contributed by atoms with Gasteiger partial charge in [-0.05, 0) is 23.8 Å². The summed E-state index contributed by atoms with van der Waals surface area (Å²) < 4.78 is 16.9. The van der Waals surface area contributed by atoms with E-state index in [1.807, 2.05) is 48.5 Å². The van der Waals surface area contributed by atoms with Crippen molar-refractivity contribution in [3.05, 3.63) is 65.9 Å². The lowest BCUT2D eigenvalue weighted by Crippen LogP contribution is -1.97. The number of hydrogen-bond donors (Lipinski definition) is 2. The fourth-order valence-electron chi connectivity index (χ4n) is 3.57. The Balaban J connectivity index is 1.62. The van der Waals surface area contributed by atoms with Crippen molar-refractivity contribution in [1.82, 2.24) is 20.2 Å². The number of nitrogens with two attached hydrogens (primary N) is 1. The third kappa shape index (κ3) is 3.23. The van der Waals surface area contributed by atoms with Gasteiger partial charge in [0.2, 0.25) is 0 Å². The second-order valence-corrected chi connectivity index (χ2v) is 6.86.